The number of ether oxygens (including phenoxy) is 12. The lowest BCUT2D eigenvalue weighted by Crippen LogP contribution is -2.60. The van der Waals surface area contributed by atoms with Gasteiger partial charge in [0.2, 0.25) is 12.6 Å². The van der Waals surface area contributed by atoms with Crippen LogP contribution in [0.2, 0.25) is 0 Å². The summed E-state index contributed by atoms with van der Waals surface area (Å²) >= 11 is 5.42. The number of carbonyl (C=O) groups excluding carboxylic acids is 7. The summed E-state index contributed by atoms with van der Waals surface area (Å²) in [5.41, 5.74) is 0. The van der Waals surface area contributed by atoms with Crippen molar-refractivity contribution in [1.29, 1.82) is 0 Å². The van der Waals surface area contributed by atoms with Crippen LogP contribution in [0.25, 0.3) is 0 Å². The fourth-order valence-corrected chi connectivity index (χ4v) is 9.88. The number of nitrogens with two attached hydrogens (primary N) is 2. The van der Waals surface area contributed by atoms with Gasteiger partial charge in [-0.3, -0.25) is 45.2 Å². The third kappa shape index (κ3) is 17.8. The van der Waals surface area contributed by atoms with Crippen molar-refractivity contribution in [3.05, 3.63) is 0 Å². The third-order valence-corrected chi connectivity index (χ3v) is 14.0. The van der Waals surface area contributed by atoms with E-state index in [4.69, 9.17) is 56.8 Å². The Morgan fingerprint density at radius 3 is 1.01 bits per heavy atom. The van der Waals surface area contributed by atoms with E-state index in [1.807, 2.05) is 55.4 Å². The lowest BCUT2D eigenvalue weighted by atomic mass is 9.84. The molecule has 69 heavy (non-hydrogen) atoms. The monoisotopic (exact) mass is 1030 g/mol. The molecule has 2 unspecified atom stereocenters. The van der Waals surface area contributed by atoms with Gasteiger partial charge < -0.3 is 56.8 Å². The molecule has 0 amide bonds. The minimum absolute atomic E-state index is 0.0873. The van der Waals surface area contributed by atoms with Crippen molar-refractivity contribution in [3.8, 4) is 0 Å². The first-order valence-electron chi connectivity index (χ1n) is 23.4. The van der Waals surface area contributed by atoms with Gasteiger partial charge in [-0.1, -0.05) is 67.2 Å². The molecule has 4 heterocycles. The average molecular weight is 1030 g/mol. The maximum absolute atomic E-state index is 11.9. The van der Waals surface area contributed by atoms with E-state index in [1.165, 1.54) is 48.5 Å². The zero-order valence-corrected chi connectivity index (χ0v) is 44.4. The molecule has 4 rings (SSSR count). The Hall–Kier alpha value is -3.13. The van der Waals surface area contributed by atoms with Crippen LogP contribution in [-0.2, 0) is 90.4 Å². The topological polar surface area (TPSA) is 282 Å². The maximum atomic E-state index is 11.9. The number of rotatable bonds is 15. The number of hydrazine groups is 1. The number of hydrogen-bond acceptors (Lipinski definition) is 23. The minimum Gasteiger partial charge on any atom is -0.459 e. The SMILES string of the molecule is CC[C@H]1O[C@H](O[C@H]2O[C@H](CS)C(OC(C)=O)[C@H](C)[C@H]2C)[C@H](OC(C)=O)[C@@H](OC(C)=O)[C@@H]1C.CC[C@H]1O[C@H](O[C@H]2O[C@H](CSC(C)=O)C(OC(C)=O)[C@H](C)[C@H]2C)[C@H](OC(C)=O)[C@@H](OC(C)=O)[C@@H]1C.NN. The Morgan fingerprint density at radius 1 is 0.420 bits per heavy atom. The van der Waals surface area contributed by atoms with Crippen molar-refractivity contribution in [3.63, 3.8) is 0 Å². The van der Waals surface area contributed by atoms with Gasteiger partial charge in [0.25, 0.3) is 0 Å². The molecule has 0 aromatic carbocycles. The molecule has 21 nitrogen and oxygen atoms in total. The smallest absolute Gasteiger partial charge is 0.303 e. The summed E-state index contributed by atoms with van der Waals surface area (Å²) in [6.45, 7) is 24.6. The van der Waals surface area contributed by atoms with Crippen molar-refractivity contribution < 1.29 is 90.4 Å². The van der Waals surface area contributed by atoms with Crippen molar-refractivity contribution >= 4 is 65.3 Å². The molecule has 0 bridgehead atoms. The first-order chi connectivity index (χ1) is 32.3. The molecule has 398 valence electrons. The highest BCUT2D eigenvalue weighted by Crippen LogP contribution is 2.41. The summed E-state index contributed by atoms with van der Waals surface area (Å²) in [5, 5.41) is -0.0894. The van der Waals surface area contributed by atoms with E-state index in [1.54, 1.807) is 0 Å². The fourth-order valence-electron chi connectivity index (χ4n) is 8.92. The Labute approximate surface area is 416 Å². The molecule has 4 saturated heterocycles. The Morgan fingerprint density at radius 2 is 0.710 bits per heavy atom. The number of hydrogen-bond donors (Lipinski definition) is 3. The summed E-state index contributed by atoms with van der Waals surface area (Å²) in [4.78, 5) is 82.2. The van der Waals surface area contributed by atoms with E-state index in [0.29, 0.717) is 18.6 Å². The van der Waals surface area contributed by atoms with Gasteiger partial charge in [0.15, 0.2) is 29.9 Å². The van der Waals surface area contributed by atoms with E-state index < -0.39 is 110 Å². The van der Waals surface area contributed by atoms with Crippen molar-refractivity contribution in [1.82, 2.24) is 0 Å². The van der Waals surface area contributed by atoms with Crippen LogP contribution < -0.4 is 11.7 Å². The number of esters is 6. The summed E-state index contributed by atoms with van der Waals surface area (Å²) in [6.07, 6.45) is -8.52. The fraction of sp³-hybridized carbons (Fsp3) is 0.848. The van der Waals surface area contributed by atoms with Crippen LogP contribution in [0.4, 0.5) is 0 Å². The molecular formula is C46H78N2O19S2. The maximum Gasteiger partial charge on any atom is 0.303 e. The van der Waals surface area contributed by atoms with Crippen LogP contribution in [0, 0.1) is 35.5 Å². The second-order valence-electron chi connectivity index (χ2n) is 17.8. The van der Waals surface area contributed by atoms with Crippen molar-refractivity contribution in [2.75, 3.05) is 11.5 Å². The molecule has 0 aromatic rings. The van der Waals surface area contributed by atoms with Gasteiger partial charge in [-0.25, -0.2) is 0 Å². The summed E-state index contributed by atoms with van der Waals surface area (Å²) in [7, 11) is 0. The van der Waals surface area contributed by atoms with E-state index >= 15 is 0 Å². The van der Waals surface area contributed by atoms with E-state index in [9.17, 15) is 33.6 Å². The predicted molar refractivity (Wildman–Crippen MR) is 251 cm³/mol. The quantitative estimate of drug-likeness (QED) is 0.0682. The van der Waals surface area contributed by atoms with E-state index in [-0.39, 0.29) is 58.6 Å². The van der Waals surface area contributed by atoms with Gasteiger partial charge in [-0.2, -0.15) is 12.6 Å². The zero-order valence-electron chi connectivity index (χ0n) is 42.6. The Bertz CT molecular complexity index is 1690. The molecule has 0 aromatic heterocycles. The predicted octanol–water partition coefficient (Wildman–Crippen LogP) is 4.16. The molecule has 0 aliphatic carbocycles. The van der Waals surface area contributed by atoms with Crippen LogP contribution in [0.1, 0.15) is 117 Å². The van der Waals surface area contributed by atoms with Crippen LogP contribution in [-0.4, -0.2) is 139 Å². The molecule has 4 aliphatic heterocycles. The lowest BCUT2D eigenvalue weighted by Gasteiger charge is -2.48. The number of carbonyl (C=O) groups is 7. The van der Waals surface area contributed by atoms with Gasteiger partial charge in [0, 0.05) is 95.5 Å². The van der Waals surface area contributed by atoms with Crippen LogP contribution in [0.15, 0.2) is 0 Å². The molecular weight excluding hydrogens is 949 g/mol. The Balaban J connectivity index is 0.000000459. The molecule has 4 fully saturated rings. The number of thioether (sulfide) groups is 1. The van der Waals surface area contributed by atoms with Crippen LogP contribution >= 0.6 is 24.4 Å². The molecule has 23 heteroatoms. The molecule has 4 aliphatic rings. The summed E-state index contributed by atoms with van der Waals surface area (Å²) in [6, 6.07) is 0. The first kappa shape index (κ1) is 62.0. The van der Waals surface area contributed by atoms with Crippen LogP contribution in [0.3, 0.4) is 0 Å². The minimum atomic E-state index is -1.06. The highest BCUT2D eigenvalue weighted by Gasteiger charge is 2.53. The highest BCUT2D eigenvalue weighted by atomic mass is 32.2. The van der Waals surface area contributed by atoms with E-state index in [0.717, 1.165) is 11.8 Å². The van der Waals surface area contributed by atoms with Crippen molar-refractivity contribution in [2.45, 2.75) is 203 Å². The number of thiol groups is 1. The third-order valence-electron chi connectivity index (χ3n) is 12.7. The largest absolute Gasteiger partial charge is 0.459 e. The van der Waals surface area contributed by atoms with Crippen molar-refractivity contribution in [2.24, 2.45) is 47.2 Å². The summed E-state index contributed by atoms with van der Waals surface area (Å²) < 4.78 is 70.2. The van der Waals surface area contributed by atoms with E-state index in [2.05, 4.69) is 24.3 Å². The van der Waals surface area contributed by atoms with Gasteiger partial charge in [0.05, 0.1) is 12.2 Å². The Kier molecular flexibility index (Phi) is 26.4. The molecule has 0 radical (unpaired) electrons. The van der Waals surface area contributed by atoms with Gasteiger partial charge in [-0.05, 0) is 12.8 Å². The standard InChI is InChI=1S/C24H38O10S.C22H36O9S.H4N2/c1-9-18-13(4)21(30-15(6)26)22(31-16(7)27)24(32-18)34-23-12(3)11(2)20(29-14(5)25)19(33-23)10-35-17(8)28;1-8-16-12(4)19(27-14(6)24)20(28-15(7)25)22(29-16)31-21-11(3)10(2)18(26-13(5)23)17(9-32)30-21;1-2/h11-13,18-24H,9-10H2,1-8H3;10-12,16-22,32H,8-9H2,1-7H3;1-2H2/t11-,12-,13-,18-,19-,20?,21+,22-,23-,24-;10-,11-,12-,16-,17-,18?,19+,20-,21-,22-;/m11./s1. The normalized spacial score (nSPS) is 37.4. The second kappa shape index (κ2) is 29.4. The first-order valence-corrected chi connectivity index (χ1v) is 25.0. The second-order valence-corrected chi connectivity index (χ2v) is 19.4. The molecule has 20 atom stereocenters. The van der Waals surface area contributed by atoms with Crippen LogP contribution in [0.5, 0.6) is 0 Å². The lowest BCUT2D eigenvalue weighted by molar-refractivity contribution is -0.357. The zero-order chi connectivity index (χ0) is 52.6. The average Bonchev–Trinajstić information content (AvgIpc) is 3.26. The molecule has 0 spiro atoms. The summed E-state index contributed by atoms with van der Waals surface area (Å²) in [5.74, 6) is 4.53. The molecule has 4 N–H and O–H groups in total. The van der Waals surface area contributed by atoms with Gasteiger partial charge >= 0.3 is 35.8 Å². The van der Waals surface area contributed by atoms with Gasteiger partial charge in [0.1, 0.15) is 36.6 Å². The highest BCUT2D eigenvalue weighted by molar-refractivity contribution is 8.13. The van der Waals surface area contributed by atoms with Gasteiger partial charge in [-0.15, -0.1) is 0 Å². The molecule has 0 saturated carbocycles.